The lowest BCUT2D eigenvalue weighted by molar-refractivity contribution is -0.127. The Kier molecular flexibility index (Phi) is 8.39. The van der Waals surface area contributed by atoms with Gasteiger partial charge in [0.25, 0.3) is 0 Å². The van der Waals surface area contributed by atoms with E-state index in [1.807, 2.05) is 20.8 Å². The molecule has 0 fully saturated rings. The fourth-order valence-corrected chi connectivity index (χ4v) is 1.57. The molecule has 4 N–H and O–H groups in total. The van der Waals surface area contributed by atoms with Crippen molar-refractivity contribution in [1.82, 2.24) is 10.6 Å². The first-order valence-corrected chi connectivity index (χ1v) is 7.06. The third-order valence-corrected chi connectivity index (χ3v) is 3.03. The number of nitrogens with one attached hydrogen (secondary N) is 2. The summed E-state index contributed by atoms with van der Waals surface area (Å²) >= 11 is 0. The number of carbonyl (C=O) groups is 2. The lowest BCUT2D eigenvalue weighted by Gasteiger charge is -2.17. The Morgan fingerprint density at radius 3 is 2.11 bits per heavy atom. The molecule has 0 bridgehead atoms. The second kappa shape index (κ2) is 8.91. The van der Waals surface area contributed by atoms with Crippen LogP contribution in [0.15, 0.2) is 0 Å². The highest BCUT2D eigenvalue weighted by molar-refractivity contribution is 5.87. The maximum atomic E-state index is 11.6. The van der Waals surface area contributed by atoms with E-state index in [1.54, 1.807) is 0 Å². The molecule has 0 spiro atoms. The van der Waals surface area contributed by atoms with Crippen LogP contribution in [0.25, 0.3) is 0 Å². The molecule has 2 amide bonds. The van der Waals surface area contributed by atoms with Crippen LogP contribution in [0.2, 0.25) is 0 Å². The molecule has 0 aliphatic carbocycles. The maximum absolute atomic E-state index is 11.6. The third kappa shape index (κ3) is 8.59. The first-order chi connectivity index (χ1) is 8.73. The molecule has 0 saturated heterocycles. The minimum atomic E-state index is -0.564. The van der Waals surface area contributed by atoms with Crippen LogP contribution in [0.3, 0.4) is 0 Å². The van der Waals surface area contributed by atoms with Crippen LogP contribution >= 0.6 is 0 Å². The zero-order valence-corrected chi connectivity index (χ0v) is 12.8. The van der Waals surface area contributed by atoms with E-state index in [1.165, 1.54) is 0 Å². The van der Waals surface area contributed by atoms with Gasteiger partial charge >= 0.3 is 0 Å². The molecule has 19 heavy (non-hydrogen) atoms. The van der Waals surface area contributed by atoms with Gasteiger partial charge in [0.05, 0.1) is 12.6 Å². The van der Waals surface area contributed by atoms with Crippen LogP contribution in [-0.4, -0.2) is 30.4 Å². The Balaban J connectivity index is 3.89. The minimum Gasteiger partial charge on any atom is -0.352 e. The van der Waals surface area contributed by atoms with Crippen LogP contribution in [0, 0.1) is 11.8 Å². The number of carbonyl (C=O) groups excluding carboxylic acids is 2. The summed E-state index contributed by atoms with van der Waals surface area (Å²) in [5, 5.41) is 5.42. The molecule has 0 heterocycles. The Hall–Kier alpha value is -1.10. The predicted octanol–water partition coefficient (Wildman–Crippen LogP) is 1.03. The van der Waals surface area contributed by atoms with Crippen molar-refractivity contribution < 1.29 is 9.59 Å². The highest BCUT2D eigenvalue weighted by Gasteiger charge is 2.17. The van der Waals surface area contributed by atoms with Crippen molar-refractivity contribution in [2.24, 2.45) is 17.6 Å². The van der Waals surface area contributed by atoms with Gasteiger partial charge < -0.3 is 16.4 Å². The summed E-state index contributed by atoms with van der Waals surface area (Å²) in [6.45, 7) is 10.0. The molecule has 0 aromatic heterocycles. The van der Waals surface area contributed by atoms with Gasteiger partial charge in [-0.15, -0.1) is 0 Å². The SMILES string of the molecule is CC(C)CCC(C)NC(=O)CNC(=O)[C@@H](N)C(C)C. The largest absolute Gasteiger partial charge is 0.352 e. The smallest absolute Gasteiger partial charge is 0.239 e. The monoisotopic (exact) mass is 271 g/mol. The summed E-state index contributed by atoms with van der Waals surface area (Å²) in [6, 6.07) is -0.434. The normalized spacial score (nSPS) is 14.3. The van der Waals surface area contributed by atoms with E-state index in [0.717, 1.165) is 12.8 Å². The molecule has 0 aromatic rings. The van der Waals surface area contributed by atoms with Gasteiger partial charge in [0.1, 0.15) is 0 Å². The van der Waals surface area contributed by atoms with Crippen molar-refractivity contribution in [3.63, 3.8) is 0 Å². The van der Waals surface area contributed by atoms with Crippen molar-refractivity contribution >= 4 is 11.8 Å². The second-order valence-corrected chi connectivity index (χ2v) is 5.93. The molecular weight excluding hydrogens is 242 g/mol. The van der Waals surface area contributed by atoms with Crippen LogP contribution in [0.1, 0.15) is 47.5 Å². The fraction of sp³-hybridized carbons (Fsp3) is 0.857. The molecule has 5 nitrogen and oxygen atoms in total. The summed E-state index contributed by atoms with van der Waals surface area (Å²) in [4.78, 5) is 23.2. The average Bonchev–Trinajstić information content (AvgIpc) is 2.32. The van der Waals surface area contributed by atoms with E-state index < -0.39 is 6.04 Å². The molecule has 1 unspecified atom stereocenters. The Morgan fingerprint density at radius 2 is 1.63 bits per heavy atom. The zero-order chi connectivity index (χ0) is 15.0. The van der Waals surface area contributed by atoms with Crippen molar-refractivity contribution in [1.29, 1.82) is 0 Å². The molecule has 0 saturated carbocycles. The maximum Gasteiger partial charge on any atom is 0.239 e. The van der Waals surface area contributed by atoms with Crippen molar-refractivity contribution in [2.45, 2.75) is 59.5 Å². The van der Waals surface area contributed by atoms with Crippen LogP contribution in [0.5, 0.6) is 0 Å². The highest BCUT2D eigenvalue weighted by atomic mass is 16.2. The van der Waals surface area contributed by atoms with Gasteiger partial charge in [0.15, 0.2) is 0 Å². The fourth-order valence-electron chi connectivity index (χ4n) is 1.57. The van der Waals surface area contributed by atoms with Gasteiger partial charge in [0.2, 0.25) is 11.8 Å². The van der Waals surface area contributed by atoms with E-state index in [-0.39, 0.29) is 30.3 Å². The molecule has 2 atom stereocenters. The molecule has 0 aromatic carbocycles. The average molecular weight is 271 g/mol. The third-order valence-electron chi connectivity index (χ3n) is 3.03. The Labute approximate surface area is 116 Å². The first kappa shape index (κ1) is 17.9. The standard InChI is InChI=1S/C14H29N3O2/c1-9(2)6-7-11(5)17-12(18)8-16-14(19)13(15)10(3)4/h9-11,13H,6-8,15H2,1-5H3,(H,16,19)(H,17,18)/t11?,13-/m0/s1. The van der Waals surface area contributed by atoms with E-state index in [0.29, 0.717) is 5.92 Å². The van der Waals surface area contributed by atoms with Crippen molar-refractivity contribution in [2.75, 3.05) is 6.54 Å². The molecule has 0 rings (SSSR count). The van der Waals surface area contributed by atoms with Crippen molar-refractivity contribution in [3.8, 4) is 0 Å². The molecule has 5 heteroatoms. The molecule has 0 aliphatic heterocycles. The summed E-state index contributed by atoms with van der Waals surface area (Å²) in [5.74, 6) is 0.247. The van der Waals surface area contributed by atoms with Gasteiger partial charge in [-0.05, 0) is 31.6 Å². The molecule has 0 radical (unpaired) electrons. The summed E-state index contributed by atoms with van der Waals surface area (Å²) in [7, 11) is 0. The van der Waals surface area contributed by atoms with Gasteiger partial charge in [-0.3, -0.25) is 9.59 Å². The lowest BCUT2D eigenvalue weighted by atomic mass is 10.0. The number of hydrogen-bond donors (Lipinski definition) is 3. The first-order valence-electron chi connectivity index (χ1n) is 7.06. The molecule has 0 aliphatic rings. The van der Waals surface area contributed by atoms with Crippen LogP contribution < -0.4 is 16.4 Å². The number of hydrogen-bond acceptors (Lipinski definition) is 3. The molecule has 112 valence electrons. The minimum absolute atomic E-state index is 0.00866. The zero-order valence-electron chi connectivity index (χ0n) is 12.8. The van der Waals surface area contributed by atoms with Gasteiger partial charge in [-0.2, -0.15) is 0 Å². The van der Waals surface area contributed by atoms with E-state index in [9.17, 15) is 9.59 Å². The highest BCUT2D eigenvalue weighted by Crippen LogP contribution is 2.06. The number of rotatable bonds is 8. The van der Waals surface area contributed by atoms with Crippen LogP contribution in [-0.2, 0) is 9.59 Å². The Bertz CT molecular complexity index is 290. The summed E-state index contributed by atoms with van der Waals surface area (Å²) in [6.07, 6.45) is 2.02. The van der Waals surface area contributed by atoms with E-state index in [4.69, 9.17) is 5.73 Å². The summed E-state index contributed by atoms with van der Waals surface area (Å²) < 4.78 is 0. The second-order valence-electron chi connectivity index (χ2n) is 5.93. The lowest BCUT2D eigenvalue weighted by Crippen LogP contribution is -2.48. The van der Waals surface area contributed by atoms with E-state index in [2.05, 4.69) is 24.5 Å². The van der Waals surface area contributed by atoms with Crippen molar-refractivity contribution in [3.05, 3.63) is 0 Å². The number of nitrogens with two attached hydrogens (primary N) is 1. The van der Waals surface area contributed by atoms with Gasteiger partial charge in [0, 0.05) is 6.04 Å². The van der Waals surface area contributed by atoms with E-state index >= 15 is 0 Å². The quantitative estimate of drug-likeness (QED) is 0.616. The van der Waals surface area contributed by atoms with Gasteiger partial charge in [-0.25, -0.2) is 0 Å². The summed E-state index contributed by atoms with van der Waals surface area (Å²) in [5.41, 5.74) is 5.68. The predicted molar refractivity (Wildman–Crippen MR) is 77.5 cm³/mol. The van der Waals surface area contributed by atoms with Crippen LogP contribution in [0.4, 0.5) is 0 Å². The number of amides is 2. The topological polar surface area (TPSA) is 84.2 Å². The van der Waals surface area contributed by atoms with Gasteiger partial charge in [-0.1, -0.05) is 27.7 Å². The Morgan fingerprint density at radius 1 is 1.05 bits per heavy atom. The molecular formula is C14H29N3O2.